The summed E-state index contributed by atoms with van der Waals surface area (Å²) in [5, 5.41) is 10.9. The maximum atomic E-state index is 11.0. The fraction of sp³-hybridized carbons (Fsp3) is 0.714. The molecule has 0 saturated carbocycles. The van der Waals surface area contributed by atoms with Gasteiger partial charge in [0.15, 0.2) is 12.2 Å². The molecule has 1 aliphatic heterocycles. The zero-order chi connectivity index (χ0) is 9.14. The van der Waals surface area contributed by atoms with Gasteiger partial charge in [0, 0.05) is 6.54 Å². The Morgan fingerprint density at radius 2 is 2.17 bits per heavy atom. The number of aliphatic carboxylic acids is 1. The zero-order valence-corrected chi connectivity index (χ0v) is 6.74. The second kappa shape index (κ2) is 3.53. The Balaban J connectivity index is 2.24. The topological polar surface area (TPSA) is 78.9 Å². The summed E-state index contributed by atoms with van der Waals surface area (Å²) in [6.07, 6.45) is -0.869. The van der Waals surface area contributed by atoms with Crippen LogP contribution < -0.4 is 5.32 Å². The molecule has 5 nitrogen and oxygen atoms in total. The molecular weight excluding hydrogens is 162 g/mol. The van der Waals surface area contributed by atoms with Crippen LogP contribution in [0.1, 0.15) is 13.3 Å². The summed E-state index contributed by atoms with van der Waals surface area (Å²) >= 11 is 0. The maximum absolute atomic E-state index is 11.0. The molecule has 12 heavy (non-hydrogen) atoms. The van der Waals surface area contributed by atoms with Crippen LogP contribution in [0.4, 0.5) is 0 Å². The Morgan fingerprint density at radius 3 is 2.58 bits per heavy atom. The molecule has 2 atom stereocenters. The average Bonchev–Trinajstić information content (AvgIpc) is 2.78. The monoisotopic (exact) mass is 173 g/mol. The molecule has 0 aliphatic carbocycles. The lowest BCUT2D eigenvalue weighted by molar-refractivity contribution is -0.138. The van der Waals surface area contributed by atoms with Crippen LogP contribution in [0, 0.1) is 0 Å². The predicted molar refractivity (Wildman–Crippen MR) is 39.6 cm³/mol. The van der Waals surface area contributed by atoms with E-state index in [4.69, 9.17) is 5.11 Å². The number of epoxide rings is 1. The first-order valence-electron chi connectivity index (χ1n) is 3.82. The summed E-state index contributed by atoms with van der Waals surface area (Å²) in [4.78, 5) is 21.2. The number of carbonyl (C=O) groups excluding carboxylic acids is 1. The Morgan fingerprint density at radius 1 is 1.50 bits per heavy atom. The second-order valence-corrected chi connectivity index (χ2v) is 2.61. The normalized spacial score (nSPS) is 26.4. The lowest BCUT2D eigenvalue weighted by Gasteiger charge is -1.97. The lowest BCUT2D eigenvalue weighted by Crippen LogP contribution is -2.30. The third-order valence-electron chi connectivity index (χ3n) is 1.54. The lowest BCUT2D eigenvalue weighted by atomic mass is 10.3. The summed E-state index contributed by atoms with van der Waals surface area (Å²) in [6, 6.07) is 0. The zero-order valence-electron chi connectivity index (χ0n) is 6.74. The van der Waals surface area contributed by atoms with Gasteiger partial charge in [-0.25, -0.2) is 4.79 Å². The molecule has 0 aromatic rings. The number of nitrogens with one attached hydrogen (secondary N) is 1. The molecule has 5 heteroatoms. The van der Waals surface area contributed by atoms with Gasteiger partial charge in [-0.05, 0) is 6.42 Å². The molecule has 68 valence electrons. The predicted octanol–water partition coefficient (Wildman–Crippen LogP) is -0.635. The Bertz CT molecular complexity index is 204. The second-order valence-electron chi connectivity index (χ2n) is 2.61. The van der Waals surface area contributed by atoms with Crippen molar-refractivity contribution < 1.29 is 19.4 Å². The quantitative estimate of drug-likeness (QED) is 0.554. The van der Waals surface area contributed by atoms with Gasteiger partial charge >= 0.3 is 5.97 Å². The number of ether oxygens (including phenoxy) is 1. The highest BCUT2D eigenvalue weighted by molar-refractivity contribution is 5.91. The number of carboxylic acids is 1. The summed E-state index contributed by atoms with van der Waals surface area (Å²) in [6.45, 7) is 2.48. The molecular formula is C7H11NO4. The van der Waals surface area contributed by atoms with Gasteiger partial charge in [0.25, 0.3) is 5.91 Å². The van der Waals surface area contributed by atoms with Gasteiger partial charge < -0.3 is 15.2 Å². The summed E-state index contributed by atoms with van der Waals surface area (Å²) in [5.74, 6) is -1.41. The number of carboxylic acid groups (broad SMARTS) is 1. The highest BCUT2D eigenvalue weighted by Gasteiger charge is 2.50. The fourth-order valence-corrected chi connectivity index (χ4v) is 0.848. The molecule has 0 aromatic heterocycles. The molecule has 2 N–H and O–H groups in total. The van der Waals surface area contributed by atoms with E-state index < -0.39 is 18.2 Å². The van der Waals surface area contributed by atoms with E-state index in [1.165, 1.54) is 0 Å². The van der Waals surface area contributed by atoms with E-state index >= 15 is 0 Å². The van der Waals surface area contributed by atoms with E-state index in [1.54, 1.807) is 0 Å². The van der Waals surface area contributed by atoms with E-state index in [-0.39, 0.29) is 5.91 Å². The molecule has 1 amide bonds. The van der Waals surface area contributed by atoms with Crippen molar-refractivity contribution in [1.29, 1.82) is 0 Å². The van der Waals surface area contributed by atoms with Crippen LogP contribution in [0.5, 0.6) is 0 Å². The van der Waals surface area contributed by atoms with Crippen molar-refractivity contribution in [1.82, 2.24) is 5.32 Å². The minimum absolute atomic E-state index is 0.329. The molecule has 1 heterocycles. The van der Waals surface area contributed by atoms with Gasteiger partial charge in [-0.15, -0.1) is 0 Å². The van der Waals surface area contributed by atoms with E-state index in [2.05, 4.69) is 10.1 Å². The van der Waals surface area contributed by atoms with Gasteiger partial charge in [0.1, 0.15) is 0 Å². The van der Waals surface area contributed by atoms with E-state index in [9.17, 15) is 9.59 Å². The number of amides is 1. The van der Waals surface area contributed by atoms with Crippen molar-refractivity contribution >= 4 is 11.9 Å². The number of hydrogen-bond acceptors (Lipinski definition) is 3. The van der Waals surface area contributed by atoms with Crippen molar-refractivity contribution in [3.63, 3.8) is 0 Å². The first kappa shape index (κ1) is 8.99. The summed E-state index contributed by atoms with van der Waals surface area (Å²) in [5.41, 5.74) is 0. The molecule has 1 saturated heterocycles. The number of rotatable bonds is 4. The summed E-state index contributed by atoms with van der Waals surface area (Å²) in [7, 11) is 0. The minimum atomic E-state index is -1.08. The van der Waals surface area contributed by atoms with Crippen LogP contribution in [-0.4, -0.2) is 35.7 Å². The number of carbonyl (C=O) groups is 2. The van der Waals surface area contributed by atoms with E-state index in [0.29, 0.717) is 6.54 Å². The van der Waals surface area contributed by atoms with Crippen LogP contribution in [0.3, 0.4) is 0 Å². The van der Waals surface area contributed by atoms with Gasteiger partial charge in [0.2, 0.25) is 0 Å². The Labute approximate surface area is 69.7 Å². The number of hydrogen-bond donors (Lipinski definition) is 2. The first-order chi connectivity index (χ1) is 5.66. The van der Waals surface area contributed by atoms with Crippen molar-refractivity contribution in [2.24, 2.45) is 0 Å². The van der Waals surface area contributed by atoms with Crippen LogP contribution in [0.15, 0.2) is 0 Å². The van der Waals surface area contributed by atoms with E-state index in [0.717, 1.165) is 6.42 Å². The molecule has 0 aromatic carbocycles. The molecule has 0 bridgehead atoms. The standard InChI is InChI=1S/C7H11NO4/c1-2-3-8-6(9)4-5(12-4)7(10)11/h4-5H,2-3H2,1H3,(H,8,9)(H,10,11). The molecule has 1 rings (SSSR count). The minimum Gasteiger partial charge on any atom is -0.479 e. The van der Waals surface area contributed by atoms with Crippen molar-refractivity contribution in [2.75, 3.05) is 6.54 Å². The van der Waals surface area contributed by atoms with Gasteiger partial charge in [0.05, 0.1) is 0 Å². The van der Waals surface area contributed by atoms with Crippen molar-refractivity contribution in [3.05, 3.63) is 0 Å². The average molecular weight is 173 g/mol. The third kappa shape index (κ3) is 1.94. The van der Waals surface area contributed by atoms with E-state index in [1.807, 2.05) is 6.92 Å². The smallest absolute Gasteiger partial charge is 0.336 e. The van der Waals surface area contributed by atoms with Crippen LogP contribution in [-0.2, 0) is 14.3 Å². The molecule has 0 spiro atoms. The summed E-state index contributed by atoms with van der Waals surface area (Å²) < 4.78 is 4.63. The third-order valence-corrected chi connectivity index (χ3v) is 1.54. The van der Waals surface area contributed by atoms with Gasteiger partial charge in [-0.2, -0.15) is 0 Å². The molecule has 2 unspecified atom stereocenters. The highest BCUT2D eigenvalue weighted by Crippen LogP contribution is 2.21. The van der Waals surface area contributed by atoms with Crippen molar-refractivity contribution in [2.45, 2.75) is 25.6 Å². The van der Waals surface area contributed by atoms with Crippen molar-refractivity contribution in [3.8, 4) is 0 Å². The van der Waals surface area contributed by atoms with Gasteiger partial charge in [-0.1, -0.05) is 6.92 Å². The van der Waals surface area contributed by atoms with Crippen LogP contribution in [0.25, 0.3) is 0 Å². The maximum Gasteiger partial charge on any atom is 0.336 e. The molecule has 1 fully saturated rings. The SMILES string of the molecule is CCCNC(=O)C1OC1C(=O)O. The molecule has 1 aliphatic rings. The fourth-order valence-electron chi connectivity index (χ4n) is 0.848. The largest absolute Gasteiger partial charge is 0.479 e. The van der Waals surface area contributed by atoms with Crippen LogP contribution >= 0.6 is 0 Å². The highest BCUT2D eigenvalue weighted by atomic mass is 16.6. The molecule has 0 radical (unpaired) electrons. The Kier molecular flexibility index (Phi) is 2.65. The first-order valence-corrected chi connectivity index (χ1v) is 3.82. The van der Waals surface area contributed by atoms with Crippen LogP contribution in [0.2, 0.25) is 0 Å². The van der Waals surface area contributed by atoms with Gasteiger partial charge in [-0.3, -0.25) is 4.79 Å². The Hall–Kier alpha value is -1.10.